The highest BCUT2D eigenvalue weighted by molar-refractivity contribution is 9.11. The van der Waals surface area contributed by atoms with Gasteiger partial charge in [-0.3, -0.25) is 4.79 Å². The van der Waals surface area contributed by atoms with Gasteiger partial charge >= 0.3 is 5.97 Å². The third-order valence-electron chi connectivity index (χ3n) is 3.78. The number of hydrogen-bond donors (Lipinski definition) is 1. The van der Waals surface area contributed by atoms with Gasteiger partial charge in [0, 0.05) is 17.0 Å². The molecule has 1 amide bonds. The van der Waals surface area contributed by atoms with E-state index in [4.69, 9.17) is 4.74 Å². The van der Waals surface area contributed by atoms with Crippen LogP contribution in [0.15, 0.2) is 22.0 Å². The van der Waals surface area contributed by atoms with Gasteiger partial charge in [-0.15, -0.1) is 11.3 Å². The van der Waals surface area contributed by atoms with Gasteiger partial charge in [0.25, 0.3) is 5.91 Å². The molecule has 120 valence electrons. The highest BCUT2D eigenvalue weighted by Gasteiger charge is 2.22. The van der Waals surface area contributed by atoms with E-state index in [0.29, 0.717) is 5.92 Å². The number of carbonyl (C=O) groups is 2. The van der Waals surface area contributed by atoms with Crippen molar-refractivity contribution in [2.75, 3.05) is 6.61 Å². The lowest BCUT2D eigenvalue weighted by Crippen LogP contribution is -2.42. The van der Waals surface area contributed by atoms with E-state index in [1.807, 2.05) is 12.1 Å². The summed E-state index contributed by atoms with van der Waals surface area (Å²) in [6, 6.07) is 4.02. The Hall–Kier alpha value is -1.14. The second kappa shape index (κ2) is 8.48. The van der Waals surface area contributed by atoms with Gasteiger partial charge in [-0.1, -0.05) is 19.8 Å². The lowest BCUT2D eigenvalue weighted by molar-refractivity contribution is -0.144. The maximum absolute atomic E-state index is 11.8. The average Bonchev–Trinajstić information content (AvgIpc) is 2.91. The van der Waals surface area contributed by atoms with Crippen molar-refractivity contribution >= 4 is 45.2 Å². The molecule has 0 bridgehead atoms. The van der Waals surface area contributed by atoms with E-state index in [0.717, 1.165) is 27.9 Å². The summed E-state index contributed by atoms with van der Waals surface area (Å²) in [5.74, 6) is -0.235. The molecule has 1 aliphatic carbocycles. The Morgan fingerprint density at radius 3 is 2.86 bits per heavy atom. The second-order valence-corrected chi connectivity index (χ2v) is 8.01. The molecule has 4 nitrogen and oxygen atoms in total. The number of amides is 1. The van der Waals surface area contributed by atoms with E-state index in [-0.39, 0.29) is 18.6 Å². The topological polar surface area (TPSA) is 55.4 Å². The maximum Gasteiger partial charge on any atom is 0.331 e. The fraction of sp³-hybridized carbons (Fsp3) is 0.500. The van der Waals surface area contributed by atoms with E-state index in [1.165, 1.54) is 23.8 Å². The van der Waals surface area contributed by atoms with Gasteiger partial charge < -0.3 is 10.1 Å². The first-order valence-electron chi connectivity index (χ1n) is 7.44. The minimum atomic E-state index is -0.503. The number of ether oxygens (including phenoxy) is 1. The summed E-state index contributed by atoms with van der Waals surface area (Å²) in [5, 5.41) is 2.96. The second-order valence-electron chi connectivity index (χ2n) is 5.52. The first-order chi connectivity index (χ1) is 10.5. The Balaban J connectivity index is 1.71. The Labute approximate surface area is 143 Å². The molecule has 22 heavy (non-hydrogen) atoms. The summed E-state index contributed by atoms with van der Waals surface area (Å²) >= 11 is 4.88. The van der Waals surface area contributed by atoms with Crippen LogP contribution in [-0.2, 0) is 14.3 Å². The molecule has 0 radical (unpaired) electrons. The number of esters is 1. The molecule has 0 spiro atoms. The smallest absolute Gasteiger partial charge is 0.331 e. The van der Waals surface area contributed by atoms with Crippen molar-refractivity contribution < 1.29 is 14.3 Å². The maximum atomic E-state index is 11.8. The SMILES string of the molecule is C[C@@H]1CCCC[C@H]1NC(=O)COC(=O)/C=C/c1ccc(Br)s1. The van der Waals surface area contributed by atoms with Crippen LogP contribution >= 0.6 is 27.3 Å². The summed E-state index contributed by atoms with van der Waals surface area (Å²) in [5.41, 5.74) is 0. The third-order valence-corrected chi connectivity index (χ3v) is 5.37. The summed E-state index contributed by atoms with van der Waals surface area (Å²) in [7, 11) is 0. The van der Waals surface area contributed by atoms with Gasteiger partial charge in [0.1, 0.15) is 0 Å². The molecule has 0 saturated heterocycles. The van der Waals surface area contributed by atoms with Crippen LogP contribution in [-0.4, -0.2) is 24.5 Å². The Bertz CT molecular complexity index is 555. The van der Waals surface area contributed by atoms with Crippen molar-refractivity contribution in [1.82, 2.24) is 5.32 Å². The summed E-state index contributed by atoms with van der Waals surface area (Å²) in [6.07, 6.45) is 7.55. The summed E-state index contributed by atoms with van der Waals surface area (Å²) in [4.78, 5) is 24.4. The molecular weight excluding hydrogens is 366 g/mol. The normalized spacial score (nSPS) is 21.7. The summed E-state index contributed by atoms with van der Waals surface area (Å²) in [6.45, 7) is 1.93. The molecule has 0 aliphatic heterocycles. The van der Waals surface area contributed by atoms with Crippen LogP contribution in [0, 0.1) is 5.92 Å². The number of carbonyl (C=O) groups excluding carboxylic acids is 2. The Kier molecular flexibility index (Phi) is 6.64. The van der Waals surface area contributed by atoms with Crippen LogP contribution in [0.25, 0.3) is 6.08 Å². The molecule has 1 saturated carbocycles. The van der Waals surface area contributed by atoms with Crippen molar-refractivity contribution in [1.29, 1.82) is 0 Å². The molecule has 1 aliphatic rings. The lowest BCUT2D eigenvalue weighted by Gasteiger charge is -2.29. The molecule has 0 unspecified atom stereocenters. The van der Waals surface area contributed by atoms with Gasteiger partial charge in [0.2, 0.25) is 0 Å². The van der Waals surface area contributed by atoms with Crippen LogP contribution in [0.3, 0.4) is 0 Å². The minimum absolute atomic E-state index is 0.207. The van der Waals surface area contributed by atoms with E-state index < -0.39 is 5.97 Å². The van der Waals surface area contributed by atoms with Gasteiger partial charge in [0.05, 0.1) is 3.79 Å². The zero-order valence-corrected chi connectivity index (χ0v) is 14.9. The van der Waals surface area contributed by atoms with Crippen LogP contribution in [0.1, 0.15) is 37.5 Å². The molecular formula is C16H20BrNO3S. The monoisotopic (exact) mass is 385 g/mol. The fourth-order valence-electron chi connectivity index (χ4n) is 2.53. The van der Waals surface area contributed by atoms with Crippen LogP contribution in [0.4, 0.5) is 0 Å². The number of hydrogen-bond acceptors (Lipinski definition) is 4. The molecule has 6 heteroatoms. The zero-order chi connectivity index (χ0) is 15.9. The molecule has 1 heterocycles. The zero-order valence-electron chi connectivity index (χ0n) is 12.5. The van der Waals surface area contributed by atoms with E-state index in [2.05, 4.69) is 28.2 Å². The highest BCUT2D eigenvalue weighted by Crippen LogP contribution is 2.24. The van der Waals surface area contributed by atoms with Crippen molar-refractivity contribution in [3.8, 4) is 0 Å². The average molecular weight is 386 g/mol. The molecule has 2 atom stereocenters. The molecule has 1 fully saturated rings. The van der Waals surface area contributed by atoms with Crippen LogP contribution < -0.4 is 5.32 Å². The fourth-order valence-corrected chi connectivity index (χ4v) is 3.86. The first kappa shape index (κ1) is 17.2. The van der Waals surface area contributed by atoms with Crippen molar-refractivity contribution in [2.24, 2.45) is 5.92 Å². The number of nitrogens with one attached hydrogen (secondary N) is 1. The van der Waals surface area contributed by atoms with Crippen molar-refractivity contribution in [3.63, 3.8) is 0 Å². The van der Waals surface area contributed by atoms with Crippen LogP contribution in [0.2, 0.25) is 0 Å². The number of rotatable bonds is 5. The highest BCUT2D eigenvalue weighted by atomic mass is 79.9. The molecule has 1 aromatic heterocycles. The molecule has 2 rings (SSSR count). The standard InChI is InChI=1S/C16H20BrNO3S/c1-11-4-2-3-5-13(11)18-15(19)10-21-16(20)9-7-12-6-8-14(17)22-12/h6-9,11,13H,2-5,10H2,1H3,(H,18,19)/b9-7+/t11-,13-/m1/s1. The lowest BCUT2D eigenvalue weighted by atomic mass is 9.86. The van der Waals surface area contributed by atoms with Gasteiger partial charge in [-0.2, -0.15) is 0 Å². The van der Waals surface area contributed by atoms with E-state index in [1.54, 1.807) is 6.08 Å². The number of halogens is 1. The van der Waals surface area contributed by atoms with Gasteiger partial charge in [-0.05, 0) is 52.9 Å². The first-order valence-corrected chi connectivity index (χ1v) is 9.05. The molecule has 1 N–H and O–H groups in total. The number of thiophene rings is 1. The molecule has 0 aromatic carbocycles. The van der Waals surface area contributed by atoms with E-state index >= 15 is 0 Å². The predicted octanol–water partition coefficient (Wildman–Crippen LogP) is 3.76. The minimum Gasteiger partial charge on any atom is -0.452 e. The van der Waals surface area contributed by atoms with E-state index in [9.17, 15) is 9.59 Å². The van der Waals surface area contributed by atoms with Gasteiger partial charge in [0.15, 0.2) is 6.61 Å². The third kappa shape index (κ3) is 5.57. The van der Waals surface area contributed by atoms with Gasteiger partial charge in [-0.25, -0.2) is 4.79 Å². The quantitative estimate of drug-likeness (QED) is 0.619. The Morgan fingerprint density at radius 1 is 1.41 bits per heavy atom. The van der Waals surface area contributed by atoms with Crippen molar-refractivity contribution in [3.05, 3.63) is 26.9 Å². The Morgan fingerprint density at radius 2 is 2.18 bits per heavy atom. The molecule has 1 aromatic rings. The van der Waals surface area contributed by atoms with Crippen molar-refractivity contribution in [2.45, 2.75) is 38.6 Å². The summed E-state index contributed by atoms with van der Waals surface area (Å²) < 4.78 is 5.97. The van der Waals surface area contributed by atoms with Crippen LogP contribution in [0.5, 0.6) is 0 Å². The predicted molar refractivity (Wildman–Crippen MR) is 91.6 cm³/mol. The largest absolute Gasteiger partial charge is 0.452 e.